The van der Waals surface area contributed by atoms with Gasteiger partial charge in [0.15, 0.2) is 0 Å². The molecule has 3 heteroatoms. The maximum Gasteiger partial charge on any atom is 0.126 e. The molecule has 2 unspecified atom stereocenters. The number of anilines is 1. The average molecular weight is 189 g/mol. The van der Waals surface area contributed by atoms with Crippen LogP contribution in [0.5, 0.6) is 0 Å². The van der Waals surface area contributed by atoms with E-state index in [1.807, 2.05) is 6.20 Å². The van der Waals surface area contributed by atoms with Crippen molar-refractivity contribution in [3.8, 4) is 0 Å². The SMILES string of the molecule is Cc1ccc(NC2C3CNCC32)nc1. The Morgan fingerprint density at radius 2 is 2.14 bits per heavy atom. The van der Waals surface area contributed by atoms with Crippen molar-refractivity contribution < 1.29 is 0 Å². The van der Waals surface area contributed by atoms with Crippen LogP contribution in [0.4, 0.5) is 5.82 Å². The normalized spacial score (nSPS) is 33.9. The van der Waals surface area contributed by atoms with Gasteiger partial charge in [-0.3, -0.25) is 0 Å². The molecule has 1 saturated carbocycles. The lowest BCUT2D eigenvalue weighted by Gasteiger charge is -2.07. The number of hydrogen-bond acceptors (Lipinski definition) is 3. The van der Waals surface area contributed by atoms with Crippen molar-refractivity contribution in [1.29, 1.82) is 0 Å². The van der Waals surface area contributed by atoms with Crippen molar-refractivity contribution in [2.45, 2.75) is 13.0 Å². The number of aromatic nitrogens is 1. The molecule has 1 aliphatic heterocycles. The van der Waals surface area contributed by atoms with Crippen molar-refractivity contribution in [2.24, 2.45) is 11.8 Å². The van der Waals surface area contributed by atoms with Crippen LogP contribution in [0, 0.1) is 18.8 Å². The molecule has 2 N–H and O–H groups in total. The summed E-state index contributed by atoms with van der Waals surface area (Å²) in [6.45, 7) is 4.41. The molecule has 3 nitrogen and oxygen atoms in total. The first-order chi connectivity index (χ1) is 6.84. The number of fused-ring (bicyclic) bond motifs is 1. The van der Waals surface area contributed by atoms with E-state index in [4.69, 9.17) is 0 Å². The third-order valence-corrected chi connectivity index (χ3v) is 3.32. The predicted octanol–water partition coefficient (Wildman–Crippen LogP) is 1.02. The fourth-order valence-electron chi connectivity index (χ4n) is 2.36. The van der Waals surface area contributed by atoms with Gasteiger partial charge in [0.1, 0.15) is 5.82 Å². The number of nitrogens with one attached hydrogen (secondary N) is 2. The monoisotopic (exact) mass is 189 g/mol. The van der Waals surface area contributed by atoms with Crippen LogP contribution < -0.4 is 10.6 Å². The smallest absolute Gasteiger partial charge is 0.126 e. The lowest BCUT2D eigenvalue weighted by atomic mass is 10.3. The molecule has 1 aliphatic carbocycles. The maximum absolute atomic E-state index is 4.35. The molecule has 1 saturated heterocycles. The highest BCUT2D eigenvalue weighted by Crippen LogP contribution is 2.43. The standard InChI is InChI=1S/C11H15N3/c1-7-2-3-10(13-4-7)14-11-8-5-12-6-9(8)11/h2-4,8-9,11-12H,5-6H2,1H3,(H,13,14). The second kappa shape index (κ2) is 2.95. The Morgan fingerprint density at radius 1 is 1.36 bits per heavy atom. The van der Waals surface area contributed by atoms with E-state index in [9.17, 15) is 0 Å². The molecule has 0 aromatic carbocycles. The van der Waals surface area contributed by atoms with Gasteiger partial charge in [0, 0.05) is 25.3 Å². The first-order valence-electron chi connectivity index (χ1n) is 5.24. The van der Waals surface area contributed by atoms with Gasteiger partial charge in [-0.05, 0) is 30.4 Å². The summed E-state index contributed by atoms with van der Waals surface area (Å²) < 4.78 is 0. The molecule has 2 fully saturated rings. The molecule has 1 aromatic heterocycles. The van der Waals surface area contributed by atoms with Gasteiger partial charge in [-0.2, -0.15) is 0 Å². The summed E-state index contributed by atoms with van der Waals surface area (Å²) in [7, 11) is 0. The van der Waals surface area contributed by atoms with E-state index in [-0.39, 0.29) is 0 Å². The molecular formula is C11H15N3. The molecule has 2 heterocycles. The fraction of sp³-hybridized carbons (Fsp3) is 0.545. The van der Waals surface area contributed by atoms with Crippen LogP contribution in [0.3, 0.4) is 0 Å². The fourth-order valence-corrected chi connectivity index (χ4v) is 2.36. The van der Waals surface area contributed by atoms with Crippen molar-refractivity contribution in [3.05, 3.63) is 23.9 Å². The van der Waals surface area contributed by atoms with E-state index in [2.05, 4.69) is 34.7 Å². The van der Waals surface area contributed by atoms with Gasteiger partial charge in [0.25, 0.3) is 0 Å². The van der Waals surface area contributed by atoms with E-state index in [1.165, 1.54) is 18.7 Å². The highest BCUT2D eigenvalue weighted by atomic mass is 15.1. The van der Waals surface area contributed by atoms with Gasteiger partial charge in [-0.15, -0.1) is 0 Å². The zero-order chi connectivity index (χ0) is 9.54. The summed E-state index contributed by atoms with van der Waals surface area (Å²) in [5, 5.41) is 6.88. The van der Waals surface area contributed by atoms with Crippen LogP contribution in [0.2, 0.25) is 0 Å². The average Bonchev–Trinajstić information content (AvgIpc) is 2.63. The summed E-state index contributed by atoms with van der Waals surface area (Å²) in [6.07, 6.45) is 1.92. The number of pyridine rings is 1. The van der Waals surface area contributed by atoms with Gasteiger partial charge in [-0.1, -0.05) is 6.07 Å². The molecule has 3 rings (SSSR count). The summed E-state index contributed by atoms with van der Waals surface area (Å²) in [4.78, 5) is 4.35. The van der Waals surface area contributed by atoms with E-state index in [0.29, 0.717) is 6.04 Å². The zero-order valence-corrected chi connectivity index (χ0v) is 8.33. The molecule has 14 heavy (non-hydrogen) atoms. The van der Waals surface area contributed by atoms with Crippen LogP contribution in [-0.4, -0.2) is 24.1 Å². The number of rotatable bonds is 2. The van der Waals surface area contributed by atoms with Crippen LogP contribution >= 0.6 is 0 Å². The van der Waals surface area contributed by atoms with Crippen LogP contribution in [0.25, 0.3) is 0 Å². The molecule has 0 amide bonds. The number of hydrogen-bond donors (Lipinski definition) is 2. The van der Waals surface area contributed by atoms with Crippen molar-refractivity contribution >= 4 is 5.82 Å². The molecule has 0 radical (unpaired) electrons. The van der Waals surface area contributed by atoms with E-state index >= 15 is 0 Å². The van der Waals surface area contributed by atoms with E-state index < -0.39 is 0 Å². The third-order valence-electron chi connectivity index (χ3n) is 3.32. The highest BCUT2D eigenvalue weighted by molar-refractivity contribution is 5.40. The Kier molecular flexibility index (Phi) is 1.74. The van der Waals surface area contributed by atoms with Crippen molar-refractivity contribution in [1.82, 2.24) is 10.3 Å². The molecular weight excluding hydrogens is 174 g/mol. The van der Waals surface area contributed by atoms with Gasteiger partial charge >= 0.3 is 0 Å². The lowest BCUT2D eigenvalue weighted by Crippen LogP contribution is -2.21. The Labute approximate surface area is 83.9 Å². The van der Waals surface area contributed by atoms with Gasteiger partial charge in [0.05, 0.1) is 0 Å². The van der Waals surface area contributed by atoms with Crippen LogP contribution in [-0.2, 0) is 0 Å². The number of piperidine rings is 1. The van der Waals surface area contributed by atoms with Crippen LogP contribution in [0.1, 0.15) is 5.56 Å². The summed E-state index contributed by atoms with van der Waals surface area (Å²) >= 11 is 0. The molecule has 0 bridgehead atoms. The topological polar surface area (TPSA) is 37.0 Å². The van der Waals surface area contributed by atoms with Crippen molar-refractivity contribution in [3.63, 3.8) is 0 Å². The predicted molar refractivity (Wildman–Crippen MR) is 56.2 cm³/mol. The van der Waals surface area contributed by atoms with E-state index in [0.717, 1.165) is 17.7 Å². The first-order valence-corrected chi connectivity index (χ1v) is 5.24. The lowest BCUT2D eigenvalue weighted by molar-refractivity contribution is 0.695. The first kappa shape index (κ1) is 8.24. The van der Waals surface area contributed by atoms with Gasteiger partial charge < -0.3 is 10.6 Å². The summed E-state index contributed by atoms with van der Waals surface area (Å²) in [6, 6.07) is 4.84. The van der Waals surface area contributed by atoms with E-state index in [1.54, 1.807) is 0 Å². The third kappa shape index (κ3) is 1.28. The summed E-state index contributed by atoms with van der Waals surface area (Å²) in [5.74, 6) is 2.71. The minimum atomic E-state index is 0.673. The Bertz CT molecular complexity index is 323. The minimum absolute atomic E-state index is 0.673. The largest absolute Gasteiger partial charge is 0.367 e. The Balaban J connectivity index is 1.65. The Morgan fingerprint density at radius 3 is 2.79 bits per heavy atom. The molecule has 74 valence electrons. The second-order valence-electron chi connectivity index (χ2n) is 4.38. The number of nitrogens with zero attached hydrogens (tertiary/aromatic N) is 1. The number of aryl methyl sites for hydroxylation is 1. The molecule has 2 aliphatic rings. The second-order valence-corrected chi connectivity index (χ2v) is 4.38. The maximum atomic E-state index is 4.35. The minimum Gasteiger partial charge on any atom is -0.367 e. The quantitative estimate of drug-likeness (QED) is 0.729. The zero-order valence-electron chi connectivity index (χ0n) is 8.33. The summed E-state index contributed by atoms with van der Waals surface area (Å²) in [5.41, 5.74) is 1.22. The molecule has 2 atom stereocenters. The van der Waals surface area contributed by atoms with Gasteiger partial charge in [-0.25, -0.2) is 4.98 Å². The van der Waals surface area contributed by atoms with Crippen molar-refractivity contribution in [2.75, 3.05) is 18.4 Å². The van der Waals surface area contributed by atoms with Gasteiger partial charge in [0.2, 0.25) is 0 Å². The highest BCUT2D eigenvalue weighted by Gasteiger charge is 2.52. The molecule has 0 spiro atoms. The molecule has 1 aromatic rings. The Hall–Kier alpha value is -1.09. The van der Waals surface area contributed by atoms with Crippen LogP contribution in [0.15, 0.2) is 18.3 Å².